The molecule has 1 aromatic heterocycles. The van der Waals surface area contributed by atoms with Crippen molar-refractivity contribution >= 4 is 27.9 Å². The number of nitrogens with zero attached hydrogens (tertiary/aromatic N) is 1. The van der Waals surface area contributed by atoms with Gasteiger partial charge < -0.3 is 20.1 Å². The van der Waals surface area contributed by atoms with Gasteiger partial charge >= 0.3 is 0 Å². The Morgan fingerprint density at radius 1 is 1.65 bits per heavy atom. The Morgan fingerprint density at radius 3 is 2.60 bits per heavy atom. The van der Waals surface area contributed by atoms with Gasteiger partial charge in [-0.2, -0.15) is 0 Å². The highest BCUT2D eigenvalue weighted by atomic mass is 32.1. The van der Waals surface area contributed by atoms with Crippen LogP contribution in [0.2, 0.25) is 0 Å². The van der Waals surface area contributed by atoms with Gasteiger partial charge in [0.2, 0.25) is 0 Å². The normalized spacial score (nSPS) is 32.5. The number of hydrogen-bond acceptors (Lipinski definition) is 6. The van der Waals surface area contributed by atoms with Crippen molar-refractivity contribution in [3.05, 3.63) is 27.4 Å². The molecule has 1 aromatic rings. The van der Waals surface area contributed by atoms with Gasteiger partial charge in [0, 0.05) is 24.8 Å². The van der Waals surface area contributed by atoms with Gasteiger partial charge in [-0.05, 0) is 19.1 Å². The van der Waals surface area contributed by atoms with Crippen LogP contribution in [0.1, 0.15) is 13.2 Å². The number of aromatic amines is 1. The van der Waals surface area contributed by atoms with E-state index in [-0.39, 0.29) is 16.8 Å². The van der Waals surface area contributed by atoms with E-state index < -0.39 is 23.9 Å². The van der Waals surface area contributed by atoms with Crippen molar-refractivity contribution in [1.29, 1.82) is 0 Å². The number of aromatic nitrogens is 2. The molecule has 4 radical (unpaired) electrons. The summed E-state index contributed by atoms with van der Waals surface area (Å²) in [4.78, 5) is 13.4. The first-order valence-corrected chi connectivity index (χ1v) is 6.10. The van der Waals surface area contributed by atoms with Crippen LogP contribution in [-0.4, -0.2) is 64.8 Å². The van der Waals surface area contributed by atoms with Gasteiger partial charge in [-0.3, -0.25) is 14.3 Å². The zero-order valence-corrected chi connectivity index (χ0v) is 11.6. The minimum Gasteiger partial charge on any atom is -0.406 e. The molecule has 1 saturated heterocycles. The summed E-state index contributed by atoms with van der Waals surface area (Å²) in [5, 5.41) is 27.2. The van der Waals surface area contributed by atoms with Crippen LogP contribution in [0.15, 0.2) is 17.1 Å². The van der Waals surface area contributed by atoms with Crippen LogP contribution in [0, 0.1) is 4.77 Å². The van der Waals surface area contributed by atoms with E-state index in [0.29, 0.717) is 0 Å². The van der Waals surface area contributed by atoms with Crippen molar-refractivity contribution in [3.8, 4) is 0 Å². The molecule has 20 heavy (non-hydrogen) atoms. The molecule has 4 N–H and O–H groups in total. The van der Waals surface area contributed by atoms with Gasteiger partial charge in [-0.1, -0.05) is 0 Å². The first-order valence-electron chi connectivity index (χ1n) is 5.69. The van der Waals surface area contributed by atoms with Gasteiger partial charge in [0.15, 0.2) is 11.0 Å². The number of ether oxygens (including phenoxy) is 1. The predicted octanol–water partition coefficient (Wildman–Crippen LogP) is -1.85. The van der Waals surface area contributed by atoms with E-state index in [0.717, 1.165) is 0 Å². The minimum atomic E-state index is -1.59. The molecule has 0 amide bonds. The highest BCUT2D eigenvalue weighted by Crippen LogP contribution is 2.36. The summed E-state index contributed by atoms with van der Waals surface area (Å²) in [6, 6.07) is 0.231. The summed E-state index contributed by atoms with van der Waals surface area (Å²) >= 11 is 4.95. The fraction of sp³-hybridized carbons (Fsp3) is 0.600. The summed E-state index contributed by atoms with van der Waals surface area (Å²) < 4.78 is 6.67. The molecule has 4 atom stereocenters. The minimum absolute atomic E-state index is 0.0871. The molecule has 10 heteroatoms. The fourth-order valence-electron chi connectivity index (χ4n) is 1.80. The summed E-state index contributed by atoms with van der Waals surface area (Å²) in [6.45, 7) is 1.14. The molecule has 1 aliphatic rings. The Kier molecular flexibility index (Phi) is 5.72. The number of H-pyrrole nitrogens is 1. The maximum Gasteiger partial charge on any atom is 0.251 e. The first kappa shape index (κ1) is 17.1. The Balaban J connectivity index is 0.000000612. The average molecular weight is 296 g/mol. The number of rotatable bonds is 1. The van der Waals surface area contributed by atoms with Gasteiger partial charge in [0.25, 0.3) is 5.56 Å². The molecule has 0 saturated carbocycles. The second-order valence-corrected chi connectivity index (χ2v) is 4.71. The third-order valence-electron chi connectivity index (χ3n) is 2.80. The highest BCUT2D eigenvalue weighted by molar-refractivity contribution is 7.71. The first-order chi connectivity index (χ1) is 9.25. The number of aliphatic hydroxyl groups is 3. The number of aliphatic hydroxyl groups excluding tert-OH is 2. The number of hydrogen-bond donors (Lipinski definition) is 4. The van der Waals surface area contributed by atoms with Crippen LogP contribution in [0.5, 0.6) is 0 Å². The Bertz CT molecular complexity index is 561. The van der Waals surface area contributed by atoms with Gasteiger partial charge in [0.05, 0.1) is 0 Å². The molecule has 2 heterocycles. The van der Waals surface area contributed by atoms with E-state index in [1.54, 1.807) is 0 Å². The third kappa shape index (κ3) is 3.39. The standard InChI is InChI=1S/C9H11BN2O4S.CH3BO/c1-9(15)5(14)6(10)16-7(9)12-3-2-4(13)11-8(12)17;2-1-3/h2-3,5-7,14-15H,1H3,(H,11,13,17);3H,1H2. The smallest absolute Gasteiger partial charge is 0.251 e. The van der Waals surface area contributed by atoms with E-state index in [9.17, 15) is 15.0 Å². The van der Waals surface area contributed by atoms with Crippen LogP contribution in [0.4, 0.5) is 0 Å². The highest BCUT2D eigenvalue weighted by Gasteiger charge is 2.50. The van der Waals surface area contributed by atoms with Crippen molar-refractivity contribution in [3.63, 3.8) is 0 Å². The Morgan fingerprint density at radius 2 is 2.20 bits per heavy atom. The molecule has 2 rings (SSSR count). The summed E-state index contributed by atoms with van der Waals surface area (Å²) in [6.07, 6.45) is -0.802. The Hall–Kier alpha value is -0.930. The van der Waals surface area contributed by atoms with E-state index in [1.807, 2.05) is 0 Å². The SMILES string of the molecule is [B]C1OC(n2ccc(=O)[nH]c2=S)C(C)(O)C1O.[B]CO. The predicted molar refractivity (Wildman–Crippen MR) is 75.0 cm³/mol. The fourth-order valence-corrected chi connectivity index (χ4v) is 2.06. The summed E-state index contributed by atoms with van der Waals surface area (Å²) in [7, 11) is 9.91. The van der Waals surface area contributed by atoms with Gasteiger partial charge in [-0.25, -0.2) is 0 Å². The lowest BCUT2D eigenvalue weighted by Gasteiger charge is -2.28. The second-order valence-electron chi connectivity index (χ2n) is 4.32. The topological polar surface area (TPSA) is 108 Å². The van der Waals surface area contributed by atoms with E-state index in [1.165, 1.54) is 23.8 Å². The van der Waals surface area contributed by atoms with Crippen LogP contribution in [-0.2, 0) is 4.74 Å². The molecule has 0 aliphatic carbocycles. The second kappa shape index (κ2) is 6.68. The Labute approximate surface area is 123 Å². The van der Waals surface area contributed by atoms with Crippen LogP contribution >= 0.6 is 12.2 Å². The number of nitrogens with one attached hydrogen (secondary N) is 1. The molecular weight excluding hydrogens is 282 g/mol. The van der Waals surface area contributed by atoms with Crippen molar-refractivity contribution in [1.82, 2.24) is 9.55 Å². The molecule has 7 nitrogen and oxygen atoms in total. The van der Waals surface area contributed by atoms with Crippen LogP contribution in [0.3, 0.4) is 0 Å². The molecule has 4 unspecified atom stereocenters. The van der Waals surface area contributed by atoms with E-state index in [2.05, 4.69) is 12.8 Å². The van der Waals surface area contributed by atoms with Gasteiger partial charge in [-0.15, -0.1) is 0 Å². The third-order valence-corrected chi connectivity index (χ3v) is 3.11. The largest absolute Gasteiger partial charge is 0.406 e. The lowest BCUT2D eigenvalue weighted by atomic mass is 9.87. The molecule has 0 aromatic carbocycles. The maximum absolute atomic E-state index is 11.0. The van der Waals surface area contributed by atoms with Crippen molar-refractivity contribution in [2.24, 2.45) is 0 Å². The van der Waals surface area contributed by atoms with Crippen LogP contribution in [0.25, 0.3) is 0 Å². The quantitative estimate of drug-likeness (QED) is 0.358. The van der Waals surface area contributed by atoms with E-state index >= 15 is 0 Å². The summed E-state index contributed by atoms with van der Waals surface area (Å²) in [5.41, 5.74) is -1.94. The van der Waals surface area contributed by atoms with Gasteiger partial charge in [0.1, 0.15) is 27.4 Å². The molecule has 106 valence electrons. The zero-order valence-electron chi connectivity index (χ0n) is 10.8. The monoisotopic (exact) mass is 296 g/mol. The summed E-state index contributed by atoms with van der Waals surface area (Å²) in [5.74, 6) is 0. The lowest BCUT2D eigenvalue weighted by Crippen LogP contribution is -2.44. The lowest BCUT2D eigenvalue weighted by molar-refractivity contribution is -0.0954. The zero-order chi connectivity index (χ0) is 15.5. The van der Waals surface area contributed by atoms with Crippen molar-refractivity contribution in [2.75, 3.05) is 6.51 Å². The van der Waals surface area contributed by atoms with Crippen LogP contribution < -0.4 is 5.56 Å². The molecule has 0 spiro atoms. The molecule has 1 fully saturated rings. The maximum atomic E-state index is 11.0. The molecule has 0 bridgehead atoms. The molecular formula is C10H14B2N2O5S. The van der Waals surface area contributed by atoms with Crippen molar-refractivity contribution < 1.29 is 20.1 Å². The average Bonchev–Trinajstić information content (AvgIpc) is 2.54. The van der Waals surface area contributed by atoms with Crippen molar-refractivity contribution in [2.45, 2.75) is 30.9 Å². The molecule has 1 aliphatic heterocycles. The van der Waals surface area contributed by atoms with E-state index in [4.69, 9.17) is 29.9 Å².